The third-order valence-corrected chi connectivity index (χ3v) is 7.86. The molecule has 1 aromatic rings. The third-order valence-electron chi connectivity index (χ3n) is 5.97. The molecule has 0 aromatic heterocycles. The van der Waals surface area contributed by atoms with Gasteiger partial charge in [0.2, 0.25) is 15.9 Å². The average Bonchev–Trinajstić information content (AvgIpc) is 3.09. The molecule has 0 bridgehead atoms. The molecule has 0 radical (unpaired) electrons. The van der Waals surface area contributed by atoms with Gasteiger partial charge in [-0.2, -0.15) is 4.31 Å². The van der Waals surface area contributed by atoms with Gasteiger partial charge in [0, 0.05) is 45.0 Å². The summed E-state index contributed by atoms with van der Waals surface area (Å²) in [5, 5.41) is 2.85. The first-order valence-electron chi connectivity index (χ1n) is 11.8. The highest BCUT2D eigenvalue weighted by Crippen LogP contribution is 2.21. The fourth-order valence-corrected chi connectivity index (χ4v) is 5.37. The number of morpholine rings is 1. The van der Waals surface area contributed by atoms with E-state index in [1.54, 1.807) is 17.0 Å². The third kappa shape index (κ3) is 6.91. The molecule has 1 unspecified atom stereocenters. The second-order valence-corrected chi connectivity index (χ2v) is 11.0. The molecular weight excluding hydrogens is 460 g/mol. The van der Waals surface area contributed by atoms with Crippen molar-refractivity contribution in [2.75, 3.05) is 64.4 Å². The van der Waals surface area contributed by atoms with Crippen LogP contribution in [0.5, 0.6) is 0 Å². The molecule has 2 heterocycles. The Morgan fingerprint density at radius 1 is 1.06 bits per heavy atom. The Balaban J connectivity index is 1.58. The summed E-state index contributed by atoms with van der Waals surface area (Å²) < 4.78 is 37.8. The van der Waals surface area contributed by atoms with Crippen molar-refractivity contribution in [3.05, 3.63) is 24.3 Å². The number of amides is 2. The summed E-state index contributed by atoms with van der Waals surface area (Å²) in [4.78, 5) is 29.1. The largest absolute Gasteiger partial charge is 0.449 e. The Morgan fingerprint density at radius 3 is 2.50 bits per heavy atom. The molecular formula is C23H36N4O6S. The minimum absolute atomic E-state index is 0.144. The smallest absolute Gasteiger partial charge is 0.409 e. The molecule has 0 spiro atoms. The molecule has 1 N–H and O–H groups in total. The second kappa shape index (κ2) is 12.0. The molecule has 34 heavy (non-hydrogen) atoms. The number of ether oxygens (including phenoxy) is 2. The normalized spacial score (nSPS) is 19.5. The van der Waals surface area contributed by atoms with Crippen LogP contribution in [0.1, 0.15) is 27.2 Å². The van der Waals surface area contributed by atoms with Gasteiger partial charge in [0.1, 0.15) is 0 Å². The number of carbonyl (C=O) groups excluding carboxylic acids is 2. The Morgan fingerprint density at radius 2 is 1.79 bits per heavy atom. The van der Waals surface area contributed by atoms with E-state index in [1.165, 1.54) is 16.4 Å². The first-order chi connectivity index (χ1) is 16.2. The molecule has 1 atom stereocenters. The zero-order chi connectivity index (χ0) is 24.7. The first-order valence-corrected chi connectivity index (χ1v) is 13.3. The van der Waals surface area contributed by atoms with Gasteiger partial charge in [-0.15, -0.1) is 0 Å². The van der Waals surface area contributed by atoms with Crippen molar-refractivity contribution >= 4 is 27.7 Å². The lowest BCUT2D eigenvalue weighted by molar-refractivity contribution is -0.120. The highest BCUT2D eigenvalue weighted by molar-refractivity contribution is 7.89. The number of anilines is 1. The zero-order valence-corrected chi connectivity index (χ0v) is 21.1. The molecule has 1 aromatic carbocycles. The summed E-state index contributed by atoms with van der Waals surface area (Å²) >= 11 is 0. The van der Waals surface area contributed by atoms with Gasteiger partial charge in [0.05, 0.1) is 30.8 Å². The summed E-state index contributed by atoms with van der Waals surface area (Å²) in [5.41, 5.74) is 0.430. The Kier molecular flexibility index (Phi) is 9.29. The van der Waals surface area contributed by atoms with Crippen molar-refractivity contribution < 1.29 is 27.5 Å². The molecule has 2 aliphatic rings. The van der Waals surface area contributed by atoms with E-state index in [0.717, 1.165) is 6.42 Å². The van der Waals surface area contributed by atoms with E-state index in [-0.39, 0.29) is 22.8 Å². The number of carbonyl (C=O) groups is 2. The molecule has 3 rings (SSSR count). The molecule has 11 heteroatoms. The van der Waals surface area contributed by atoms with Gasteiger partial charge < -0.3 is 19.7 Å². The maximum atomic E-state index is 12.9. The van der Waals surface area contributed by atoms with Gasteiger partial charge in [-0.1, -0.05) is 19.9 Å². The number of benzene rings is 1. The lowest BCUT2D eigenvalue weighted by Crippen LogP contribution is -2.44. The Labute approximate surface area is 202 Å². The number of hydrogen-bond acceptors (Lipinski definition) is 7. The fraction of sp³-hybridized carbons (Fsp3) is 0.652. The maximum absolute atomic E-state index is 12.9. The van der Waals surface area contributed by atoms with Crippen LogP contribution in [0.25, 0.3) is 0 Å². The highest BCUT2D eigenvalue weighted by Gasteiger charge is 2.28. The predicted octanol–water partition coefficient (Wildman–Crippen LogP) is 1.83. The summed E-state index contributed by atoms with van der Waals surface area (Å²) in [6.07, 6.45) is 0.424. The summed E-state index contributed by atoms with van der Waals surface area (Å²) in [5.74, 6) is 0.0512. The molecule has 2 amide bonds. The van der Waals surface area contributed by atoms with E-state index < -0.39 is 16.1 Å². The van der Waals surface area contributed by atoms with Crippen LogP contribution in [0.15, 0.2) is 29.2 Å². The number of rotatable bonds is 7. The lowest BCUT2D eigenvalue weighted by Gasteiger charge is -2.27. The Bertz CT molecular complexity index is 949. The molecule has 10 nitrogen and oxygen atoms in total. The molecule has 0 aliphatic carbocycles. The lowest BCUT2D eigenvalue weighted by atomic mass is 10.2. The van der Waals surface area contributed by atoms with E-state index >= 15 is 0 Å². The van der Waals surface area contributed by atoms with Crippen LogP contribution in [0.4, 0.5) is 10.5 Å². The van der Waals surface area contributed by atoms with Crippen molar-refractivity contribution in [2.45, 2.75) is 38.1 Å². The fourth-order valence-electron chi connectivity index (χ4n) is 3.92. The van der Waals surface area contributed by atoms with Crippen LogP contribution in [-0.4, -0.2) is 99.7 Å². The van der Waals surface area contributed by atoms with E-state index in [1.807, 2.05) is 25.7 Å². The SMILES string of the molecule is CC(C)COC(=O)N1CCCN(C(C)C(=O)Nc2cccc(S(=O)(=O)N3CCOCC3)c2)CC1. The van der Waals surface area contributed by atoms with Crippen LogP contribution in [0.3, 0.4) is 0 Å². The monoisotopic (exact) mass is 496 g/mol. The van der Waals surface area contributed by atoms with Gasteiger partial charge in [-0.25, -0.2) is 13.2 Å². The standard InChI is InChI=1S/C23H36N4O6S/c1-18(2)17-33-23(29)26-9-5-8-25(10-11-26)19(3)22(28)24-20-6-4-7-21(16-20)34(30,31)27-12-14-32-15-13-27/h4,6-7,16,18-19H,5,8-15,17H2,1-3H3,(H,24,28). The van der Waals surface area contributed by atoms with Crippen molar-refractivity contribution in [3.8, 4) is 0 Å². The van der Waals surface area contributed by atoms with Crippen LogP contribution in [-0.2, 0) is 24.3 Å². The van der Waals surface area contributed by atoms with Crippen molar-refractivity contribution in [2.24, 2.45) is 5.92 Å². The quantitative estimate of drug-likeness (QED) is 0.614. The second-order valence-electron chi connectivity index (χ2n) is 9.06. The zero-order valence-electron chi connectivity index (χ0n) is 20.2. The van der Waals surface area contributed by atoms with E-state index in [4.69, 9.17) is 9.47 Å². The molecule has 0 saturated carbocycles. The van der Waals surface area contributed by atoms with Crippen molar-refractivity contribution in [1.29, 1.82) is 0 Å². The number of sulfonamides is 1. The number of nitrogens with zero attached hydrogens (tertiary/aromatic N) is 3. The summed E-state index contributed by atoms with van der Waals surface area (Å²) in [7, 11) is -3.65. The molecule has 2 aliphatic heterocycles. The van der Waals surface area contributed by atoms with Gasteiger partial charge >= 0.3 is 6.09 Å². The highest BCUT2D eigenvalue weighted by atomic mass is 32.2. The first kappa shape index (κ1) is 26.4. The van der Waals surface area contributed by atoms with Crippen LogP contribution < -0.4 is 5.32 Å². The number of nitrogens with one attached hydrogen (secondary N) is 1. The van der Waals surface area contributed by atoms with Gasteiger partial charge in [0.25, 0.3) is 0 Å². The molecule has 2 saturated heterocycles. The average molecular weight is 497 g/mol. The van der Waals surface area contributed by atoms with Crippen LogP contribution >= 0.6 is 0 Å². The van der Waals surface area contributed by atoms with E-state index in [9.17, 15) is 18.0 Å². The Hall–Kier alpha value is -2.21. The maximum Gasteiger partial charge on any atom is 0.409 e. The minimum atomic E-state index is -3.65. The van der Waals surface area contributed by atoms with Gasteiger partial charge in [0.15, 0.2) is 0 Å². The topological polar surface area (TPSA) is 108 Å². The van der Waals surface area contributed by atoms with Crippen LogP contribution in [0, 0.1) is 5.92 Å². The summed E-state index contributed by atoms with van der Waals surface area (Å²) in [6.45, 7) is 9.85. The van der Waals surface area contributed by atoms with Gasteiger partial charge in [-0.3, -0.25) is 9.69 Å². The van der Waals surface area contributed by atoms with Gasteiger partial charge in [-0.05, 0) is 37.5 Å². The molecule has 190 valence electrons. The predicted molar refractivity (Wildman–Crippen MR) is 128 cm³/mol. The van der Waals surface area contributed by atoms with Crippen molar-refractivity contribution in [1.82, 2.24) is 14.1 Å². The number of hydrogen-bond donors (Lipinski definition) is 1. The molecule has 2 fully saturated rings. The minimum Gasteiger partial charge on any atom is -0.449 e. The van der Waals surface area contributed by atoms with E-state index in [2.05, 4.69) is 5.32 Å². The van der Waals surface area contributed by atoms with Crippen molar-refractivity contribution in [3.63, 3.8) is 0 Å². The van der Waals surface area contributed by atoms with E-state index in [0.29, 0.717) is 64.8 Å². The summed E-state index contributed by atoms with van der Waals surface area (Å²) in [6, 6.07) is 5.89. The van der Waals surface area contributed by atoms with Crippen LogP contribution in [0.2, 0.25) is 0 Å².